The normalized spacial score (nSPS) is 12.0. The summed E-state index contributed by atoms with van der Waals surface area (Å²) in [6.45, 7) is 10.5. The van der Waals surface area contributed by atoms with Gasteiger partial charge in [0.05, 0.1) is 6.04 Å². The van der Waals surface area contributed by atoms with E-state index < -0.39 is 0 Å². The van der Waals surface area contributed by atoms with E-state index in [1.807, 2.05) is 27.7 Å². The van der Waals surface area contributed by atoms with Gasteiger partial charge in [0.15, 0.2) is 0 Å². The fourth-order valence-corrected chi connectivity index (χ4v) is 1.65. The van der Waals surface area contributed by atoms with Crippen molar-refractivity contribution in [1.29, 1.82) is 0 Å². The summed E-state index contributed by atoms with van der Waals surface area (Å²) < 4.78 is 0. The van der Waals surface area contributed by atoms with E-state index in [2.05, 4.69) is 10.6 Å². The van der Waals surface area contributed by atoms with Crippen LogP contribution in [-0.2, 0) is 9.59 Å². The fourth-order valence-electron chi connectivity index (χ4n) is 1.65. The Bertz CT molecular complexity index is 253. The summed E-state index contributed by atoms with van der Waals surface area (Å²) in [6, 6.07) is -0.233. The van der Waals surface area contributed by atoms with Crippen molar-refractivity contribution in [3.8, 4) is 0 Å². The maximum Gasteiger partial charge on any atom is 0.239 e. The number of carbonyl (C=O) groups is 2. The van der Waals surface area contributed by atoms with Gasteiger partial charge in [-0.3, -0.25) is 9.59 Å². The zero-order valence-corrected chi connectivity index (χ0v) is 12.1. The van der Waals surface area contributed by atoms with E-state index in [-0.39, 0.29) is 17.9 Å². The summed E-state index contributed by atoms with van der Waals surface area (Å²) in [5, 5.41) is 5.89. The molecule has 0 aliphatic heterocycles. The molecule has 1 unspecified atom stereocenters. The highest BCUT2D eigenvalue weighted by molar-refractivity contribution is 5.81. The molecule has 0 aromatic rings. The van der Waals surface area contributed by atoms with Gasteiger partial charge in [-0.25, -0.2) is 0 Å². The molecule has 0 aromatic carbocycles. The van der Waals surface area contributed by atoms with Gasteiger partial charge in [0, 0.05) is 32.6 Å². The van der Waals surface area contributed by atoms with Crippen LogP contribution >= 0.6 is 0 Å². The fraction of sp³-hybridized carbons (Fsp3) is 0.846. The Balaban J connectivity index is 3.85. The minimum absolute atomic E-state index is 0.0341. The molecule has 0 radical (unpaired) electrons. The summed E-state index contributed by atoms with van der Waals surface area (Å²) in [4.78, 5) is 25.1. The molecule has 18 heavy (non-hydrogen) atoms. The van der Waals surface area contributed by atoms with Gasteiger partial charge < -0.3 is 15.5 Å². The number of amides is 2. The quantitative estimate of drug-likeness (QED) is 0.641. The van der Waals surface area contributed by atoms with Crippen LogP contribution in [0.4, 0.5) is 0 Å². The Morgan fingerprint density at radius 3 is 2.22 bits per heavy atom. The van der Waals surface area contributed by atoms with Crippen LogP contribution in [0.3, 0.4) is 0 Å². The van der Waals surface area contributed by atoms with Gasteiger partial charge in [0.2, 0.25) is 11.8 Å². The molecule has 106 valence electrons. The minimum atomic E-state index is -0.233. The molecule has 0 aliphatic carbocycles. The molecule has 0 rings (SSSR count). The van der Waals surface area contributed by atoms with Gasteiger partial charge in [-0.2, -0.15) is 0 Å². The Labute approximate surface area is 110 Å². The zero-order chi connectivity index (χ0) is 14.0. The van der Waals surface area contributed by atoms with Gasteiger partial charge in [0.1, 0.15) is 0 Å². The van der Waals surface area contributed by atoms with Crippen LogP contribution in [0.2, 0.25) is 0 Å². The standard InChI is InChI=1S/C13H27N3O2/c1-5-9-15-12(17)8-10-14-11(4)13(18)16(6-2)7-3/h11,14H,5-10H2,1-4H3,(H,15,17). The van der Waals surface area contributed by atoms with Crippen molar-refractivity contribution < 1.29 is 9.59 Å². The van der Waals surface area contributed by atoms with Crippen molar-refractivity contribution in [2.24, 2.45) is 0 Å². The molecule has 0 aromatic heterocycles. The molecule has 5 nitrogen and oxygen atoms in total. The number of hydrogen-bond acceptors (Lipinski definition) is 3. The summed E-state index contributed by atoms with van der Waals surface area (Å²) in [5.74, 6) is 0.126. The highest BCUT2D eigenvalue weighted by Gasteiger charge is 2.17. The van der Waals surface area contributed by atoms with Crippen molar-refractivity contribution in [3.63, 3.8) is 0 Å². The van der Waals surface area contributed by atoms with Crippen LogP contribution in [0.15, 0.2) is 0 Å². The van der Waals surface area contributed by atoms with E-state index in [1.54, 1.807) is 4.90 Å². The first-order valence-corrected chi connectivity index (χ1v) is 6.85. The van der Waals surface area contributed by atoms with Gasteiger partial charge in [-0.15, -0.1) is 0 Å². The van der Waals surface area contributed by atoms with Crippen LogP contribution in [0.25, 0.3) is 0 Å². The Kier molecular flexibility index (Phi) is 9.28. The van der Waals surface area contributed by atoms with Crippen LogP contribution in [0, 0.1) is 0 Å². The van der Waals surface area contributed by atoms with Crippen LogP contribution < -0.4 is 10.6 Å². The lowest BCUT2D eigenvalue weighted by atomic mass is 10.2. The molecule has 0 saturated heterocycles. The maximum atomic E-state index is 11.9. The monoisotopic (exact) mass is 257 g/mol. The van der Waals surface area contributed by atoms with Gasteiger partial charge >= 0.3 is 0 Å². The molecular formula is C13H27N3O2. The third-order valence-electron chi connectivity index (χ3n) is 2.82. The summed E-state index contributed by atoms with van der Waals surface area (Å²) >= 11 is 0. The van der Waals surface area contributed by atoms with Gasteiger partial charge in [-0.05, 0) is 27.2 Å². The largest absolute Gasteiger partial charge is 0.356 e. The number of nitrogens with one attached hydrogen (secondary N) is 2. The Hall–Kier alpha value is -1.10. The molecule has 1 atom stereocenters. The van der Waals surface area contributed by atoms with Gasteiger partial charge in [0.25, 0.3) is 0 Å². The van der Waals surface area contributed by atoms with Crippen molar-refractivity contribution in [2.75, 3.05) is 26.2 Å². The van der Waals surface area contributed by atoms with Crippen molar-refractivity contribution in [3.05, 3.63) is 0 Å². The first-order chi connectivity index (χ1) is 8.56. The second-order valence-corrected chi connectivity index (χ2v) is 4.29. The molecule has 0 fully saturated rings. The predicted molar refractivity (Wildman–Crippen MR) is 73.3 cm³/mol. The second-order valence-electron chi connectivity index (χ2n) is 4.29. The predicted octanol–water partition coefficient (Wildman–Crippen LogP) is 0.749. The van der Waals surface area contributed by atoms with Crippen molar-refractivity contribution in [1.82, 2.24) is 15.5 Å². The number of nitrogens with zero attached hydrogens (tertiary/aromatic N) is 1. The minimum Gasteiger partial charge on any atom is -0.356 e. The lowest BCUT2D eigenvalue weighted by molar-refractivity contribution is -0.132. The number of likely N-dealkylation sites (N-methyl/N-ethyl adjacent to an activating group) is 1. The maximum absolute atomic E-state index is 11.9. The van der Waals surface area contributed by atoms with Crippen LogP contribution in [-0.4, -0.2) is 48.9 Å². The summed E-state index contributed by atoms with van der Waals surface area (Å²) in [7, 11) is 0. The lowest BCUT2D eigenvalue weighted by Crippen LogP contribution is -2.45. The number of carbonyl (C=O) groups excluding carboxylic acids is 2. The van der Waals surface area contributed by atoms with Gasteiger partial charge in [-0.1, -0.05) is 6.92 Å². The third kappa shape index (κ3) is 6.59. The Morgan fingerprint density at radius 2 is 1.72 bits per heavy atom. The van der Waals surface area contributed by atoms with Crippen LogP contribution in [0.1, 0.15) is 40.5 Å². The molecule has 0 aliphatic rings. The molecular weight excluding hydrogens is 230 g/mol. The molecule has 2 amide bonds. The van der Waals surface area contributed by atoms with E-state index in [1.165, 1.54) is 0 Å². The SMILES string of the molecule is CCCNC(=O)CCNC(C)C(=O)N(CC)CC. The van der Waals surface area contributed by atoms with E-state index >= 15 is 0 Å². The molecule has 0 heterocycles. The van der Waals surface area contributed by atoms with E-state index in [4.69, 9.17) is 0 Å². The third-order valence-corrected chi connectivity index (χ3v) is 2.82. The van der Waals surface area contributed by atoms with Crippen LogP contribution in [0.5, 0.6) is 0 Å². The average Bonchev–Trinajstić information content (AvgIpc) is 2.37. The Morgan fingerprint density at radius 1 is 1.11 bits per heavy atom. The first kappa shape index (κ1) is 16.9. The van der Waals surface area contributed by atoms with Crippen molar-refractivity contribution >= 4 is 11.8 Å². The number of rotatable bonds is 9. The summed E-state index contributed by atoms with van der Waals surface area (Å²) in [6.07, 6.45) is 1.35. The molecule has 0 saturated carbocycles. The molecule has 2 N–H and O–H groups in total. The first-order valence-electron chi connectivity index (χ1n) is 6.85. The topological polar surface area (TPSA) is 61.4 Å². The van der Waals surface area contributed by atoms with E-state index in [9.17, 15) is 9.59 Å². The smallest absolute Gasteiger partial charge is 0.239 e. The highest BCUT2D eigenvalue weighted by atomic mass is 16.2. The zero-order valence-electron chi connectivity index (χ0n) is 12.1. The molecule has 0 spiro atoms. The average molecular weight is 257 g/mol. The van der Waals surface area contributed by atoms with E-state index in [0.717, 1.165) is 19.5 Å². The molecule has 5 heteroatoms. The number of hydrogen-bond donors (Lipinski definition) is 2. The lowest BCUT2D eigenvalue weighted by Gasteiger charge is -2.23. The summed E-state index contributed by atoms with van der Waals surface area (Å²) in [5.41, 5.74) is 0. The van der Waals surface area contributed by atoms with E-state index in [0.29, 0.717) is 19.5 Å². The second kappa shape index (κ2) is 9.88. The molecule has 0 bridgehead atoms. The highest BCUT2D eigenvalue weighted by Crippen LogP contribution is 1.95. The van der Waals surface area contributed by atoms with Crippen molar-refractivity contribution in [2.45, 2.75) is 46.6 Å².